The summed E-state index contributed by atoms with van der Waals surface area (Å²) in [5.74, 6) is 0.521. The molecule has 0 aliphatic carbocycles. The van der Waals surface area contributed by atoms with Gasteiger partial charge >= 0.3 is 0 Å². The third kappa shape index (κ3) is 2.50. The Bertz CT molecular complexity index is 774. The number of aromatic amines is 2. The van der Waals surface area contributed by atoms with E-state index in [0.717, 1.165) is 11.2 Å². The lowest BCUT2D eigenvalue weighted by molar-refractivity contribution is 1.14. The molecule has 0 aliphatic heterocycles. The summed E-state index contributed by atoms with van der Waals surface area (Å²) in [6, 6.07) is 9.77. The molecule has 3 aromatic rings. The van der Waals surface area contributed by atoms with Gasteiger partial charge in [0.1, 0.15) is 11.2 Å². The Balaban J connectivity index is 1.88. The molecule has 1 aromatic carbocycles. The fourth-order valence-corrected chi connectivity index (χ4v) is 1.84. The summed E-state index contributed by atoms with van der Waals surface area (Å²) < 4.78 is 0.370. The van der Waals surface area contributed by atoms with Crippen molar-refractivity contribution in [2.45, 2.75) is 0 Å². The van der Waals surface area contributed by atoms with Crippen molar-refractivity contribution in [1.29, 1.82) is 0 Å². The maximum absolute atomic E-state index is 5.03. The highest BCUT2D eigenvalue weighted by Crippen LogP contribution is 2.14. The first-order valence-corrected chi connectivity index (χ1v) is 6.01. The van der Waals surface area contributed by atoms with Crippen molar-refractivity contribution in [2.75, 3.05) is 5.43 Å². The van der Waals surface area contributed by atoms with Gasteiger partial charge < -0.3 is 9.97 Å². The molecule has 0 bridgehead atoms. The van der Waals surface area contributed by atoms with E-state index in [-0.39, 0.29) is 0 Å². The largest absolute Gasteiger partial charge is 0.331 e. The fourth-order valence-electron chi connectivity index (χ4n) is 1.64. The number of rotatable bonds is 3. The molecule has 0 unspecified atom stereocenters. The van der Waals surface area contributed by atoms with E-state index in [1.165, 1.54) is 0 Å². The predicted molar refractivity (Wildman–Crippen MR) is 76.7 cm³/mol. The quantitative estimate of drug-likeness (QED) is 0.388. The maximum atomic E-state index is 5.03. The Labute approximate surface area is 113 Å². The summed E-state index contributed by atoms with van der Waals surface area (Å²) in [5, 5.41) is 4.13. The molecule has 94 valence electrons. The van der Waals surface area contributed by atoms with Crippen molar-refractivity contribution in [3.8, 4) is 0 Å². The lowest BCUT2D eigenvalue weighted by Gasteiger charge is -1.99. The summed E-state index contributed by atoms with van der Waals surface area (Å²) in [5.41, 5.74) is 5.23. The van der Waals surface area contributed by atoms with Crippen LogP contribution in [-0.4, -0.2) is 26.2 Å². The molecule has 6 nitrogen and oxygen atoms in total. The van der Waals surface area contributed by atoms with Gasteiger partial charge in [-0.15, -0.1) is 0 Å². The van der Waals surface area contributed by atoms with Crippen LogP contribution in [0.2, 0.25) is 0 Å². The molecule has 2 aromatic heterocycles. The number of fused-ring (bicyclic) bond motifs is 1. The topological polar surface area (TPSA) is 81.8 Å². The molecule has 0 aliphatic rings. The number of hydrogen-bond donors (Lipinski definition) is 3. The first kappa shape index (κ1) is 11.5. The van der Waals surface area contributed by atoms with Crippen molar-refractivity contribution in [1.82, 2.24) is 19.9 Å². The summed E-state index contributed by atoms with van der Waals surface area (Å²) in [4.78, 5) is 14.2. The van der Waals surface area contributed by atoms with Gasteiger partial charge in [-0.1, -0.05) is 30.3 Å². The lowest BCUT2D eigenvalue weighted by atomic mass is 10.2. The zero-order valence-corrected chi connectivity index (χ0v) is 10.6. The molecule has 0 fully saturated rings. The number of benzene rings is 1. The van der Waals surface area contributed by atoms with Gasteiger partial charge in [-0.25, -0.2) is 4.98 Å². The van der Waals surface area contributed by atoms with Crippen LogP contribution in [-0.2, 0) is 0 Å². The summed E-state index contributed by atoms with van der Waals surface area (Å²) >= 11 is 5.03. The van der Waals surface area contributed by atoms with Crippen LogP contribution in [0.3, 0.4) is 0 Å². The Hall–Kier alpha value is -2.54. The van der Waals surface area contributed by atoms with Gasteiger partial charge in [0.25, 0.3) is 0 Å². The predicted octanol–water partition coefficient (Wildman–Crippen LogP) is 2.46. The first-order valence-electron chi connectivity index (χ1n) is 5.60. The molecule has 0 atom stereocenters. The molecule has 19 heavy (non-hydrogen) atoms. The minimum atomic E-state index is 0.370. The molecule has 0 spiro atoms. The second kappa shape index (κ2) is 4.99. The molecular weight excluding hydrogens is 260 g/mol. The van der Waals surface area contributed by atoms with Crippen LogP contribution < -0.4 is 5.43 Å². The van der Waals surface area contributed by atoms with Gasteiger partial charge in [0, 0.05) is 0 Å². The molecule has 0 amide bonds. The summed E-state index contributed by atoms with van der Waals surface area (Å²) in [7, 11) is 0. The Morgan fingerprint density at radius 2 is 2.11 bits per heavy atom. The van der Waals surface area contributed by atoms with Crippen LogP contribution >= 0.6 is 12.2 Å². The highest BCUT2D eigenvalue weighted by molar-refractivity contribution is 7.71. The number of imidazole rings is 1. The van der Waals surface area contributed by atoms with E-state index in [1.807, 2.05) is 30.3 Å². The number of nitrogens with one attached hydrogen (secondary N) is 3. The molecule has 0 saturated carbocycles. The van der Waals surface area contributed by atoms with Gasteiger partial charge in [0.05, 0.1) is 12.5 Å². The zero-order valence-electron chi connectivity index (χ0n) is 9.79. The van der Waals surface area contributed by atoms with Crippen molar-refractivity contribution in [2.24, 2.45) is 5.10 Å². The zero-order chi connectivity index (χ0) is 13.1. The van der Waals surface area contributed by atoms with E-state index >= 15 is 0 Å². The van der Waals surface area contributed by atoms with E-state index in [2.05, 4.69) is 30.5 Å². The van der Waals surface area contributed by atoms with Gasteiger partial charge in [-0.2, -0.15) is 10.1 Å². The molecular formula is C12H10N6S. The summed E-state index contributed by atoms with van der Waals surface area (Å²) in [6.45, 7) is 0. The van der Waals surface area contributed by atoms with Crippen LogP contribution in [0.15, 0.2) is 41.8 Å². The monoisotopic (exact) mass is 270 g/mol. The van der Waals surface area contributed by atoms with E-state index in [1.54, 1.807) is 12.5 Å². The first-order chi connectivity index (χ1) is 9.33. The van der Waals surface area contributed by atoms with Gasteiger partial charge in [0.2, 0.25) is 4.77 Å². The molecule has 0 saturated heterocycles. The third-order valence-electron chi connectivity index (χ3n) is 2.49. The van der Waals surface area contributed by atoms with Crippen LogP contribution in [0.4, 0.5) is 5.82 Å². The number of hydrogen-bond acceptors (Lipinski definition) is 5. The number of H-pyrrole nitrogens is 2. The van der Waals surface area contributed by atoms with Crippen molar-refractivity contribution in [3.05, 3.63) is 47.0 Å². The second-order valence-electron chi connectivity index (χ2n) is 3.80. The Kier molecular flexibility index (Phi) is 3.03. The molecule has 0 radical (unpaired) electrons. The van der Waals surface area contributed by atoms with Crippen LogP contribution in [0.25, 0.3) is 11.2 Å². The van der Waals surface area contributed by atoms with Crippen LogP contribution in [0, 0.1) is 4.77 Å². The molecule has 2 heterocycles. The molecule has 3 N–H and O–H groups in total. The van der Waals surface area contributed by atoms with Crippen LogP contribution in [0.5, 0.6) is 0 Å². The minimum absolute atomic E-state index is 0.370. The number of hydrazone groups is 1. The fraction of sp³-hybridized carbons (Fsp3) is 0. The average Bonchev–Trinajstić information content (AvgIpc) is 2.88. The van der Waals surface area contributed by atoms with E-state index in [0.29, 0.717) is 16.1 Å². The number of anilines is 1. The lowest BCUT2D eigenvalue weighted by Crippen LogP contribution is -1.96. The second-order valence-corrected chi connectivity index (χ2v) is 4.18. The van der Waals surface area contributed by atoms with Gasteiger partial charge in [-0.3, -0.25) is 5.43 Å². The van der Waals surface area contributed by atoms with Crippen LogP contribution in [0.1, 0.15) is 5.56 Å². The SMILES string of the molecule is S=c1nc(N/N=C/c2ccccc2)c2nc[nH]c2[nH]1. The van der Waals surface area contributed by atoms with Gasteiger partial charge in [0.15, 0.2) is 5.82 Å². The van der Waals surface area contributed by atoms with E-state index < -0.39 is 0 Å². The van der Waals surface area contributed by atoms with Crippen molar-refractivity contribution in [3.63, 3.8) is 0 Å². The number of aromatic nitrogens is 4. The Morgan fingerprint density at radius 1 is 1.26 bits per heavy atom. The molecule has 3 rings (SSSR count). The maximum Gasteiger partial charge on any atom is 0.200 e. The van der Waals surface area contributed by atoms with Gasteiger partial charge in [-0.05, 0) is 17.8 Å². The third-order valence-corrected chi connectivity index (χ3v) is 2.69. The van der Waals surface area contributed by atoms with E-state index in [4.69, 9.17) is 12.2 Å². The Morgan fingerprint density at radius 3 is 2.95 bits per heavy atom. The highest BCUT2D eigenvalue weighted by atomic mass is 32.1. The smallest absolute Gasteiger partial charge is 0.200 e. The minimum Gasteiger partial charge on any atom is -0.331 e. The normalized spacial score (nSPS) is 11.2. The van der Waals surface area contributed by atoms with E-state index in [9.17, 15) is 0 Å². The van der Waals surface area contributed by atoms with Crippen molar-refractivity contribution < 1.29 is 0 Å². The highest BCUT2D eigenvalue weighted by Gasteiger charge is 2.04. The van der Waals surface area contributed by atoms with Crippen molar-refractivity contribution >= 4 is 35.4 Å². The number of nitrogens with zero attached hydrogens (tertiary/aromatic N) is 3. The average molecular weight is 270 g/mol. The standard InChI is InChI=1S/C12H10N6S/c19-12-16-10-9(13-7-14-10)11(17-12)18-15-6-8-4-2-1-3-5-8/h1-7H,(H3,13,14,16,17,18,19)/b15-6+. The summed E-state index contributed by atoms with van der Waals surface area (Å²) in [6.07, 6.45) is 3.28. The molecule has 7 heteroatoms.